The van der Waals surface area contributed by atoms with Crippen molar-refractivity contribution in [1.29, 1.82) is 0 Å². The number of hydrogen-bond acceptors (Lipinski definition) is 1. The summed E-state index contributed by atoms with van der Waals surface area (Å²) < 4.78 is 4.19. The first-order valence-corrected chi connectivity index (χ1v) is 10.2. The fourth-order valence-corrected chi connectivity index (χ4v) is 6.61. The van der Waals surface area contributed by atoms with Gasteiger partial charge in [0, 0.05) is 0 Å². The van der Waals surface area contributed by atoms with Crippen LogP contribution in [0.3, 0.4) is 0 Å². The summed E-state index contributed by atoms with van der Waals surface area (Å²) in [4.78, 5) is 1.34. The molecule has 0 saturated heterocycles. The van der Waals surface area contributed by atoms with Gasteiger partial charge in [-0.05, 0) is 0 Å². The summed E-state index contributed by atoms with van der Waals surface area (Å²) in [5.41, 5.74) is 1.21. The second-order valence-corrected chi connectivity index (χ2v) is 8.94. The number of halogens is 1. The molecule has 0 spiro atoms. The average Bonchev–Trinajstić information content (AvgIpc) is 2.95. The Labute approximate surface area is 150 Å². The van der Waals surface area contributed by atoms with Crippen LogP contribution in [0.1, 0.15) is 0 Å². The van der Waals surface area contributed by atoms with Crippen molar-refractivity contribution >= 4 is 56.9 Å². The summed E-state index contributed by atoms with van der Waals surface area (Å²) in [7, 11) is 0. The molecule has 0 aliphatic rings. The minimum absolute atomic E-state index is 0.276. The van der Waals surface area contributed by atoms with Crippen molar-refractivity contribution in [3.8, 4) is 10.4 Å². The molecule has 0 saturated carbocycles. The molecule has 0 N–H and O–H groups in total. The van der Waals surface area contributed by atoms with Gasteiger partial charge in [-0.25, -0.2) is 0 Å². The number of benzene rings is 3. The third-order valence-electron chi connectivity index (χ3n) is 3.60. The molecule has 0 amide bonds. The molecular formula is C20H13ClSSe. The van der Waals surface area contributed by atoms with E-state index in [9.17, 15) is 0 Å². The number of thiophene rings is 1. The topological polar surface area (TPSA) is 0 Å². The monoisotopic (exact) mass is 400 g/mol. The molecule has 112 valence electrons. The maximum atomic E-state index is 6.22. The van der Waals surface area contributed by atoms with Gasteiger partial charge < -0.3 is 0 Å². The SMILES string of the molecule is Clc1cccc(-c2sc3ccccc3c2[Se]c2ccccc2)c1. The summed E-state index contributed by atoms with van der Waals surface area (Å²) in [6.45, 7) is 0. The van der Waals surface area contributed by atoms with Gasteiger partial charge in [-0.15, -0.1) is 0 Å². The van der Waals surface area contributed by atoms with Crippen molar-refractivity contribution in [3.05, 3.63) is 83.9 Å². The molecule has 0 fully saturated rings. The van der Waals surface area contributed by atoms with E-state index in [0.717, 1.165) is 5.02 Å². The summed E-state index contributed by atoms with van der Waals surface area (Å²) >= 11 is 8.35. The van der Waals surface area contributed by atoms with Gasteiger partial charge in [-0.1, -0.05) is 0 Å². The van der Waals surface area contributed by atoms with Crippen LogP contribution in [-0.4, -0.2) is 15.0 Å². The summed E-state index contributed by atoms with van der Waals surface area (Å²) in [6.07, 6.45) is 0. The van der Waals surface area contributed by atoms with Gasteiger partial charge in [-0.3, -0.25) is 0 Å². The Morgan fingerprint density at radius 2 is 1.57 bits per heavy atom. The first-order valence-electron chi connectivity index (χ1n) is 7.31. The molecule has 1 heterocycles. The van der Waals surface area contributed by atoms with Gasteiger partial charge in [-0.2, -0.15) is 0 Å². The van der Waals surface area contributed by atoms with Crippen molar-refractivity contribution in [1.82, 2.24) is 0 Å². The van der Waals surface area contributed by atoms with Gasteiger partial charge in [0.15, 0.2) is 0 Å². The number of rotatable bonds is 3. The Kier molecular flexibility index (Phi) is 4.24. The van der Waals surface area contributed by atoms with Gasteiger partial charge in [0.2, 0.25) is 0 Å². The predicted octanol–water partition coefficient (Wildman–Crippen LogP) is 4.88. The average molecular weight is 400 g/mol. The zero-order chi connectivity index (χ0) is 15.6. The first kappa shape index (κ1) is 15.0. The van der Waals surface area contributed by atoms with Gasteiger partial charge in [0.05, 0.1) is 0 Å². The van der Waals surface area contributed by atoms with E-state index in [4.69, 9.17) is 11.6 Å². The molecule has 1 aromatic heterocycles. The molecule has 0 nitrogen and oxygen atoms in total. The summed E-state index contributed by atoms with van der Waals surface area (Å²) in [5, 5.41) is 2.16. The van der Waals surface area contributed by atoms with E-state index in [-0.39, 0.29) is 15.0 Å². The summed E-state index contributed by atoms with van der Waals surface area (Å²) in [6, 6.07) is 27.6. The van der Waals surface area contributed by atoms with Crippen LogP contribution in [0.25, 0.3) is 20.5 Å². The quantitative estimate of drug-likeness (QED) is 0.431. The molecule has 3 aromatic carbocycles. The van der Waals surface area contributed by atoms with Crippen molar-refractivity contribution in [2.24, 2.45) is 0 Å². The molecule has 0 atom stereocenters. The Morgan fingerprint density at radius 3 is 2.39 bits per heavy atom. The van der Waals surface area contributed by atoms with E-state index in [2.05, 4.69) is 66.7 Å². The first-order chi connectivity index (χ1) is 11.3. The third-order valence-corrected chi connectivity index (χ3v) is 7.73. The number of fused-ring (bicyclic) bond motifs is 1. The van der Waals surface area contributed by atoms with E-state index in [0.29, 0.717) is 0 Å². The van der Waals surface area contributed by atoms with Crippen LogP contribution in [0, 0.1) is 0 Å². The second-order valence-electron chi connectivity index (χ2n) is 5.18. The molecule has 0 aliphatic carbocycles. The molecule has 0 radical (unpaired) electrons. The molecule has 4 rings (SSSR count). The zero-order valence-electron chi connectivity index (χ0n) is 12.2. The predicted molar refractivity (Wildman–Crippen MR) is 104 cm³/mol. The minimum atomic E-state index is 0.276. The normalized spacial score (nSPS) is 11.0. The summed E-state index contributed by atoms with van der Waals surface area (Å²) in [5.74, 6) is 0. The van der Waals surface area contributed by atoms with Crippen molar-refractivity contribution < 1.29 is 0 Å². The van der Waals surface area contributed by atoms with Crippen LogP contribution >= 0.6 is 22.9 Å². The van der Waals surface area contributed by atoms with Crippen LogP contribution in [0.15, 0.2) is 78.9 Å². The van der Waals surface area contributed by atoms with Crippen molar-refractivity contribution in [3.63, 3.8) is 0 Å². The second kappa shape index (κ2) is 6.51. The maximum absolute atomic E-state index is 6.22. The molecule has 23 heavy (non-hydrogen) atoms. The fraction of sp³-hybridized carbons (Fsp3) is 0. The Morgan fingerprint density at radius 1 is 0.783 bits per heavy atom. The molecule has 0 aliphatic heterocycles. The molecule has 0 unspecified atom stereocenters. The van der Waals surface area contributed by atoms with Crippen LogP contribution < -0.4 is 8.92 Å². The van der Waals surface area contributed by atoms with Crippen molar-refractivity contribution in [2.75, 3.05) is 0 Å². The van der Waals surface area contributed by atoms with E-state index in [1.54, 1.807) is 0 Å². The fourth-order valence-electron chi connectivity index (χ4n) is 2.55. The van der Waals surface area contributed by atoms with Gasteiger partial charge in [0.25, 0.3) is 0 Å². The zero-order valence-corrected chi connectivity index (χ0v) is 15.5. The number of hydrogen-bond donors (Lipinski definition) is 0. The van der Waals surface area contributed by atoms with Crippen LogP contribution in [-0.2, 0) is 0 Å². The van der Waals surface area contributed by atoms with Crippen LogP contribution in [0.5, 0.6) is 0 Å². The standard InChI is InChI=1S/C20H13ClSSe/c21-15-8-6-7-14(13-15)19-20(23-16-9-2-1-3-10-16)17-11-4-5-12-18(17)22-19/h1-13H. The Bertz CT molecular complexity index is 960. The van der Waals surface area contributed by atoms with Gasteiger partial charge >= 0.3 is 151 Å². The van der Waals surface area contributed by atoms with Crippen molar-refractivity contribution in [2.45, 2.75) is 0 Å². The van der Waals surface area contributed by atoms with E-state index >= 15 is 0 Å². The third kappa shape index (κ3) is 3.08. The van der Waals surface area contributed by atoms with E-state index < -0.39 is 0 Å². The molecular weight excluding hydrogens is 387 g/mol. The van der Waals surface area contributed by atoms with Crippen LogP contribution in [0.4, 0.5) is 0 Å². The van der Waals surface area contributed by atoms with Gasteiger partial charge in [0.1, 0.15) is 0 Å². The molecule has 0 bridgehead atoms. The van der Waals surface area contributed by atoms with E-state index in [1.807, 2.05) is 23.5 Å². The Balaban J connectivity index is 1.91. The Hall–Kier alpha value is -1.57. The van der Waals surface area contributed by atoms with Crippen LogP contribution in [0.2, 0.25) is 5.02 Å². The molecule has 4 aromatic rings. The van der Waals surface area contributed by atoms with E-state index in [1.165, 1.54) is 29.5 Å². The molecule has 3 heteroatoms.